The Morgan fingerprint density at radius 2 is 2.24 bits per heavy atom. The molecule has 0 unspecified atom stereocenters. The largest absolute Gasteiger partial charge is 0.352 e. The second-order valence-electron chi connectivity index (χ2n) is 6.47. The number of carbonyl (C=O) groups is 1. The Balaban J connectivity index is 1.53. The highest BCUT2D eigenvalue weighted by Gasteiger charge is 2.25. The fraction of sp³-hybridized carbons (Fsp3) is 0.421. The molecular formula is C19H24N4O2. The van der Waals surface area contributed by atoms with Crippen molar-refractivity contribution in [2.24, 2.45) is 5.92 Å². The molecule has 0 spiro atoms. The Kier molecular flexibility index (Phi) is 5.60. The molecule has 0 bridgehead atoms. The van der Waals surface area contributed by atoms with Crippen molar-refractivity contribution in [3.8, 4) is 11.4 Å². The molecule has 0 radical (unpaired) electrons. The maximum absolute atomic E-state index is 12.0. The first-order valence-electron chi connectivity index (χ1n) is 8.66. The summed E-state index contributed by atoms with van der Waals surface area (Å²) in [5, 5.41) is 6.96. The molecule has 0 atom stereocenters. The molecule has 1 N–H and O–H groups in total. The summed E-state index contributed by atoms with van der Waals surface area (Å²) < 4.78 is 5.40. The van der Waals surface area contributed by atoms with Crippen LogP contribution in [-0.4, -0.2) is 40.6 Å². The van der Waals surface area contributed by atoms with Crippen LogP contribution in [0.2, 0.25) is 0 Å². The number of benzene rings is 1. The van der Waals surface area contributed by atoms with Crippen molar-refractivity contribution < 1.29 is 9.32 Å². The van der Waals surface area contributed by atoms with Gasteiger partial charge >= 0.3 is 0 Å². The number of aromatic nitrogens is 2. The fourth-order valence-corrected chi connectivity index (χ4v) is 3.08. The third kappa shape index (κ3) is 4.54. The summed E-state index contributed by atoms with van der Waals surface area (Å²) in [6.07, 6.45) is 3.40. The lowest BCUT2D eigenvalue weighted by Crippen LogP contribution is -2.40. The van der Waals surface area contributed by atoms with Crippen LogP contribution in [-0.2, 0) is 11.3 Å². The lowest BCUT2D eigenvalue weighted by Gasteiger charge is -2.30. The van der Waals surface area contributed by atoms with Gasteiger partial charge in [0.15, 0.2) is 0 Å². The predicted molar refractivity (Wildman–Crippen MR) is 95.7 cm³/mol. The van der Waals surface area contributed by atoms with E-state index in [9.17, 15) is 4.79 Å². The van der Waals surface area contributed by atoms with Crippen molar-refractivity contribution in [1.29, 1.82) is 0 Å². The van der Waals surface area contributed by atoms with Gasteiger partial charge in [-0.25, -0.2) is 0 Å². The Labute approximate surface area is 147 Å². The van der Waals surface area contributed by atoms with Crippen LogP contribution in [0.15, 0.2) is 41.4 Å². The zero-order chi connectivity index (χ0) is 17.6. The fourth-order valence-electron chi connectivity index (χ4n) is 3.08. The van der Waals surface area contributed by atoms with Crippen molar-refractivity contribution in [3.63, 3.8) is 0 Å². The minimum Gasteiger partial charge on any atom is -0.352 e. The van der Waals surface area contributed by atoms with E-state index in [2.05, 4.69) is 26.9 Å². The molecule has 6 heteroatoms. The van der Waals surface area contributed by atoms with E-state index in [1.54, 1.807) is 6.08 Å². The molecule has 1 saturated heterocycles. The topological polar surface area (TPSA) is 71.3 Å². The van der Waals surface area contributed by atoms with E-state index < -0.39 is 0 Å². The van der Waals surface area contributed by atoms with Gasteiger partial charge in [-0.2, -0.15) is 4.98 Å². The number of hydrogen-bond acceptors (Lipinski definition) is 5. The van der Waals surface area contributed by atoms with Crippen LogP contribution in [0.25, 0.3) is 11.4 Å². The van der Waals surface area contributed by atoms with Gasteiger partial charge in [-0.1, -0.05) is 35.0 Å². The molecule has 1 fully saturated rings. The predicted octanol–water partition coefficient (Wildman–Crippen LogP) is 2.56. The van der Waals surface area contributed by atoms with Gasteiger partial charge in [0.2, 0.25) is 17.6 Å². The number of hydrogen-bond donors (Lipinski definition) is 1. The number of piperidine rings is 1. The molecule has 1 aromatic carbocycles. The standard InChI is InChI=1S/C19H24N4O2/c1-3-9-20-19(24)15-7-10-23(11-8-15)13-17-21-18(22-25-17)16-6-4-5-14(2)12-16/h3-6,12,15H,1,7-11,13H2,2H3,(H,20,24). The summed E-state index contributed by atoms with van der Waals surface area (Å²) in [5.74, 6) is 1.45. The number of likely N-dealkylation sites (tertiary alicyclic amines) is 1. The minimum absolute atomic E-state index is 0.0849. The zero-order valence-electron chi connectivity index (χ0n) is 14.6. The van der Waals surface area contributed by atoms with Crippen LogP contribution >= 0.6 is 0 Å². The van der Waals surface area contributed by atoms with Crippen molar-refractivity contribution in [3.05, 3.63) is 48.4 Å². The Bertz CT molecular complexity index is 733. The second-order valence-corrected chi connectivity index (χ2v) is 6.47. The van der Waals surface area contributed by atoms with Crippen molar-refractivity contribution in [2.45, 2.75) is 26.3 Å². The number of aryl methyl sites for hydroxylation is 1. The normalized spacial score (nSPS) is 15.9. The molecule has 1 aliphatic heterocycles. The number of nitrogens with zero attached hydrogens (tertiary/aromatic N) is 3. The van der Waals surface area contributed by atoms with E-state index in [1.807, 2.05) is 31.2 Å². The first kappa shape index (κ1) is 17.4. The molecule has 132 valence electrons. The van der Waals surface area contributed by atoms with Gasteiger partial charge in [-0.3, -0.25) is 9.69 Å². The third-order valence-electron chi connectivity index (χ3n) is 4.48. The Hall–Kier alpha value is -2.47. The molecule has 1 aromatic heterocycles. The number of carbonyl (C=O) groups excluding carboxylic acids is 1. The van der Waals surface area contributed by atoms with Gasteiger partial charge in [-0.15, -0.1) is 6.58 Å². The van der Waals surface area contributed by atoms with Crippen LogP contribution in [0, 0.1) is 12.8 Å². The van der Waals surface area contributed by atoms with Gasteiger partial charge in [0, 0.05) is 18.0 Å². The minimum atomic E-state index is 0.0849. The van der Waals surface area contributed by atoms with Crippen LogP contribution in [0.1, 0.15) is 24.3 Å². The summed E-state index contributed by atoms with van der Waals surface area (Å²) in [4.78, 5) is 18.7. The Morgan fingerprint density at radius 3 is 2.96 bits per heavy atom. The molecule has 2 heterocycles. The summed E-state index contributed by atoms with van der Waals surface area (Å²) in [5.41, 5.74) is 2.13. The van der Waals surface area contributed by atoms with Crippen molar-refractivity contribution >= 4 is 5.91 Å². The van der Waals surface area contributed by atoms with E-state index in [0.717, 1.165) is 31.5 Å². The first-order chi connectivity index (χ1) is 12.2. The Morgan fingerprint density at radius 1 is 1.44 bits per heavy atom. The number of amides is 1. The number of rotatable bonds is 6. The van der Waals surface area contributed by atoms with E-state index >= 15 is 0 Å². The van der Waals surface area contributed by atoms with E-state index in [4.69, 9.17) is 4.52 Å². The zero-order valence-corrected chi connectivity index (χ0v) is 14.6. The lowest BCUT2D eigenvalue weighted by atomic mass is 9.96. The van der Waals surface area contributed by atoms with Crippen molar-refractivity contribution in [1.82, 2.24) is 20.4 Å². The monoisotopic (exact) mass is 340 g/mol. The highest BCUT2D eigenvalue weighted by molar-refractivity contribution is 5.78. The second kappa shape index (κ2) is 8.07. The third-order valence-corrected chi connectivity index (χ3v) is 4.48. The van der Waals surface area contributed by atoms with Crippen LogP contribution in [0.4, 0.5) is 0 Å². The van der Waals surface area contributed by atoms with Gasteiger partial charge in [0.1, 0.15) is 0 Å². The molecule has 6 nitrogen and oxygen atoms in total. The van der Waals surface area contributed by atoms with E-state index in [0.29, 0.717) is 24.8 Å². The molecule has 1 amide bonds. The molecule has 0 saturated carbocycles. The molecular weight excluding hydrogens is 316 g/mol. The van der Waals surface area contributed by atoms with Gasteiger partial charge < -0.3 is 9.84 Å². The van der Waals surface area contributed by atoms with Crippen molar-refractivity contribution in [2.75, 3.05) is 19.6 Å². The molecule has 0 aliphatic carbocycles. The molecule has 3 rings (SSSR count). The smallest absolute Gasteiger partial charge is 0.241 e. The molecule has 1 aliphatic rings. The summed E-state index contributed by atoms with van der Waals surface area (Å²) in [6, 6.07) is 8.06. The lowest BCUT2D eigenvalue weighted by molar-refractivity contribution is -0.126. The van der Waals surface area contributed by atoms with Gasteiger partial charge in [0.25, 0.3) is 0 Å². The molecule has 25 heavy (non-hydrogen) atoms. The van der Waals surface area contributed by atoms with Gasteiger partial charge in [0.05, 0.1) is 6.54 Å². The van der Waals surface area contributed by atoms with Crippen LogP contribution in [0.3, 0.4) is 0 Å². The first-order valence-corrected chi connectivity index (χ1v) is 8.66. The summed E-state index contributed by atoms with van der Waals surface area (Å²) in [7, 11) is 0. The van der Waals surface area contributed by atoms with Gasteiger partial charge in [-0.05, 0) is 38.9 Å². The number of nitrogens with one attached hydrogen (secondary N) is 1. The van der Waals surface area contributed by atoms with E-state index in [1.165, 1.54) is 5.56 Å². The molecule has 2 aromatic rings. The maximum Gasteiger partial charge on any atom is 0.241 e. The summed E-state index contributed by atoms with van der Waals surface area (Å²) in [6.45, 7) is 8.53. The van der Waals surface area contributed by atoms with Crippen LogP contribution in [0.5, 0.6) is 0 Å². The SMILES string of the molecule is C=CCNC(=O)C1CCN(Cc2nc(-c3cccc(C)c3)no2)CC1. The highest BCUT2D eigenvalue weighted by Crippen LogP contribution is 2.21. The quantitative estimate of drug-likeness (QED) is 0.818. The highest BCUT2D eigenvalue weighted by atomic mass is 16.5. The van der Waals surface area contributed by atoms with Crippen LogP contribution < -0.4 is 5.32 Å². The average Bonchev–Trinajstić information content (AvgIpc) is 3.09. The summed E-state index contributed by atoms with van der Waals surface area (Å²) >= 11 is 0. The maximum atomic E-state index is 12.0. The van der Waals surface area contributed by atoms with E-state index in [-0.39, 0.29) is 11.8 Å². The average molecular weight is 340 g/mol.